The lowest BCUT2D eigenvalue weighted by Gasteiger charge is -2.18. The minimum absolute atomic E-state index is 0.0583. The van der Waals surface area contributed by atoms with Crippen LogP contribution in [-0.2, 0) is 10.5 Å². The molecule has 0 saturated heterocycles. The normalized spacial score (nSPS) is 10.8. The molecule has 3 aromatic rings. The number of nitrogens with one attached hydrogen (secondary N) is 1. The fourth-order valence-electron chi connectivity index (χ4n) is 2.11. The van der Waals surface area contributed by atoms with Gasteiger partial charge in [-0.3, -0.25) is 14.8 Å². The van der Waals surface area contributed by atoms with Crippen molar-refractivity contribution >= 4 is 39.8 Å². The summed E-state index contributed by atoms with van der Waals surface area (Å²) in [4.78, 5) is 22.6. The summed E-state index contributed by atoms with van der Waals surface area (Å²) in [6, 6.07) is 7.84. The number of hydrogen-bond donors (Lipinski definition) is 1. The van der Waals surface area contributed by atoms with Gasteiger partial charge in [-0.1, -0.05) is 29.5 Å². The molecule has 0 unspecified atom stereocenters. The second-order valence-corrected chi connectivity index (χ2v) is 7.08. The van der Waals surface area contributed by atoms with E-state index in [2.05, 4.69) is 20.2 Å². The zero-order valence-electron chi connectivity index (χ0n) is 13.6. The quantitative estimate of drug-likeness (QED) is 0.700. The molecule has 6 nitrogen and oxygen atoms in total. The Bertz CT molecular complexity index is 840. The molecule has 0 aliphatic carbocycles. The fraction of sp³-hybridized carbons (Fsp3) is 0.250. The molecule has 0 aliphatic rings. The molecule has 0 bridgehead atoms. The van der Waals surface area contributed by atoms with Gasteiger partial charge in [0, 0.05) is 18.1 Å². The minimum Gasteiger partial charge on any atom is -0.274 e. The Morgan fingerprint density at radius 3 is 2.62 bits per heavy atom. The van der Waals surface area contributed by atoms with E-state index in [9.17, 15) is 4.79 Å². The number of aromatic amines is 1. The summed E-state index contributed by atoms with van der Waals surface area (Å²) in [7, 11) is 0. The van der Waals surface area contributed by atoms with Crippen molar-refractivity contribution in [3.8, 4) is 0 Å². The smallest absolute Gasteiger partial charge is 0.230 e. The van der Waals surface area contributed by atoms with Gasteiger partial charge < -0.3 is 0 Å². The largest absolute Gasteiger partial charge is 0.274 e. The van der Waals surface area contributed by atoms with Crippen molar-refractivity contribution in [3.05, 3.63) is 46.7 Å². The van der Waals surface area contributed by atoms with Gasteiger partial charge in [-0.05, 0) is 26.0 Å². The Labute approximate surface area is 148 Å². The Morgan fingerprint density at radius 1 is 1.25 bits per heavy atom. The lowest BCUT2D eigenvalue weighted by atomic mass is 10.2. The number of anilines is 2. The number of benzene rings is 1. The number of carbonyl (C=O) groups is 1. The molecule has 3 rings (SSSR count). The monoisotopic (exact) mass is 359 g/mol. The van der Waals surface area contributed by atoms with Crippen molar-refractivity contribution in [1.82, 2.24) is 20.2 Å². The zero-order valence-corrected chi connectivity index (χ0v) is 15.2. The van der Waals surface area contributed by atoms with E-state index in [-0.39, 0.29) is 5.91 Å². The van der Waals surface area contributed by atoms with Crippen LogP contribution in [-0.4, -0.2) is 26.1 Å². The predicted octanol–water partition coefficient (Wildman–Crippen LogP) is 3.85. The number of nitrogens with zero attached hydrogens (tertiary/aromatic N) is 4. The maximum absolute atomic E-state index is 12.1. The van der Waals surface area contributed by atoms with Gasteiger partial charge in [-0.25, -0.2) is 9.97 Å². The van der Waals surface area contributed by atoms with Crippen LogP contribution in [0.15, 0.2) is 34.8 Å². The number of hydrogen-bond acceptors (Lipinski definition) is 6. The highest BCUT2D eigenvalue weighted by Gasteiger charge is 2.18. The van der Waals surface area contributed by atoms with E-state index in [0.717, 1.165) is 22.8 Å². The van der Waals surface area contributed by atoms with Gasteiger partial charge in [0.25, 0.3) is 0 Å². The number of rotatable bonds is 5. The third-order valence-electron chi connectivity index (χ3n) is 3.26. The van der Waals surface area contributed by atoms with Crippen molar-refractivity contribution in [3.63, 3.8) is 0 Å². The average Bonchev–Trinajstić information content (AvgIpc) is 3.16. The van der Waals surface area contributed by atoms with Crippen molar-refractivity contribution in [1.29, 1.82) is 0 Å². The highest BCUT2D eigenvalue weighted by atomic mass is 32.2. The summed E-state index contributed by atoms with van der Waals surface area (Å²) < 4.78 is 0. The number of thioether (sulfide) groups is 1. The van der Waals surface area contributed by atoms with E-state index in [1.807, 2.05) is 43.5 Å². The number of aryl methyl sites for hydroxylation is 2. The molecule has 8 heteroatoms. The molecular formula is C16H17N5OS2. The molecule has 0 radical (unpaired) electrons. The van der Waals surface area contributed by atoms with Crippen LogP contribution in [0.25, 0.3) is 0 Å². The molecular weight excluding hydrogens is 342 g/mol. The van der Waals surface area contributed by atoms with Gasteiger partial charge in [0.15, 0.2) is 5.13 Å². The van der Waals surface area contributed by atoms with Crippen LogP contribution in [0.1, 0.15) is 24.0 Å². The first-order valence-corrected chi connectivity index (χ1v) is 9.23. The molecule has 0 aliphatic heterocycles. The van der Waals surface area contributed by atoms with Crippen LogP contribution >= 0.6 is 23.1 Å². The first-order valence-electron chi connectivity index (χ1n) is 7.36. The first kappa shape index (κ1) is 16.7. The van der Waals surface area contributed by atoms with Crippen LogP contribution in [0.2, 0.25) is 0 Å². The van der Waals surface area contributed by atoms with Crippen LogP contribution in [0.5, 0.6) is 0 Å². The van der Waals surface area contributed by atoms with Crippen LogP contribution in [0.3, 0.4) is 0 Å². The van der Waals surface area contributed by atoms with Gasteiger partial charge in [0.1, 0.15) is 5.82 Å². The second kappa shape index (κ2) is 7.14. The molecule has 1 aromatic carbocycles. The summed E-state index contributed by atoms with van der Waals surface area (Å²) in [6.45, 7) is 5.43. The Hall–Kier alpha value is -2.19. The molecule has 24 heavy (non-hydrogen) atoms. The Kier molecular flexibility index (Phi) is 4.96. The molecule has 0 spiro atoms. The molecule has 0 saturated carbocycles. The summed E-state index contributed by atoms with van der Waals surface area (Å²) in [5, 5.41) is 10.2. The van der Waals surface area contributed by atoms with Crippen LogP contribution in [0.4, 0.5) is 10.8 Å². The minimum atomic E-state index is -0.0583. The molecule has 2 aromatic heterocycles. The Balaban J connectivity index is 1.76. The number of thiazole rings is 1. The van der Waals surface area contributed by atoms with Crippen molar-refractivity contribution < 1.29 is 4.79 Å². The molecule has 124 valence electrons. The SMILES string of the molecule is CC(=O)N(c1ccc(C)cc1)c1nc(CSc2n[nH]c(C)n2)cs1. The van der Waals surface area contributed by atoms with Gasteiger partial charge in [0.2, 0.25) is 11.1 Å². The Morgan fingerprint density at radius 2 is 2.00 bits per heavy atom. The standard InChI is InChI=1S/C16H17N5OS2/c1-10-4-6-14(7-5-10)21(12(3)22)16-18-13(9-24-16)8-23-15-17-11(2)19-20-15/h4-7,9H,8H2,1-3H3,(H,17,19,20). The van der Waals surface area contributed by atoms with Crippen molar-refractivity contribution in [2.24, 2.45) is 0 Å². The van der Waals surface area contributed by atoms with E-state index >= 15 is 0 Å². The van der Waals surface area contributed by atoms with E-state index in [4.69, 9.17) is 0 Å². The summed E-state index contributed by atoms with van der Waals surface area (Å²) >= 11 is 2.97. The van der Waals surface area contributed by atoms with E-state index in [1.165, 1.54) is 23.1 Å². The summed E-state index contributed by atoms with van der Waals surface area (Å²) in [5.41, 5.74) is 2.88. The highest BCUT2D eigenvalue weighted by molar-refractivity contribution is 7.98. The highest BCUT2D eigenvalue weighted by Crippen LogP contribution is 2.30. The fourth-order valence-corrected chi connectivity index (χ4v) is 3.84. The summed E-state index contributed by atoms with van der Waals surface area (Å²) in [5.74, 6) is 1.39. The first-order chi connectivity index (χ1) is 11.5. The van der Waals surface area contributed by atoms with Gasteiger partial charge in [0.05, 0.1) is 11.4 Å². The lowest BCUT2D eigenvalue weighted by molar-refractivity contribution is -0.115. The molecule has 1 N–H and O–H groups in total. The molecule has 0 fully saturated rings. The number of carbonyl (C=O) groups excluding carboxylic acids is 1. The maximum Gasteiger partial charge on any atom is 0.230 e. The summed E-state index contributed by atoms with van der Waals surface area (Å²) in [6.07, 6.45) is 0. The topological polar surface area (TPSA) is 74.8 Å². The van der Waals surface area contributed by atoms with Crippen LogP contribution in [0, 0.1) is 13.8 Å². The van der Waals surface area contributed by atoms with Crippen molar-refractivity contribution in [2.45, 2.75) is 31.7 Å². The third kappa shape index (κ3) is 3.82. The second-order valence-electron chi connectivity index (χ2n) is 5.30. The maximum atomic E-state index is 12.1. The van der Waals surface area contributed by atoms with Crippen molar-refractivity contribution in [2.75, 3.05) is 4.90 Å². The third-order valence-corrected chi connectivity index (χ3v) is 5.02. The van der Waals surface area contributed by atoms with Gasteiger partial charge in [-0.2, -0.15) is 0 Å². The lowest BCUT2D eigenvalue weighted by Crippen LogP contribution is -2.22. The number of amides is 1. The van der Waals surface area contributed by atoms with E-state index in [0.29, 0.717) is 16.0 Å². The molecule has 2 heterocycles. The van der Waals surface area contributed by atoms with Crippen LogP contribution < -0.4 is 4.90 Å². The van der Waals surface area contributed by atoms with Gasteiger partial charge >= 0.3 is 0 Å². The van der Waals surface area contributed by atoms with Gasteiger partial charge in [-0.15, -0.1) is 16.4 Å². The number of aromatic nitrogens is 4. The van der Waals surface area contributed by atoms with E-state index in [1.54, 1.807) is 11.8 Å². The number of H-pyrrole nitrogens is 1. The average molecular weight is 359 g/mol. The molecule has 1 amide bonds. The van der Waals surface area contributed by atoms with E-state index < -0.39 is 0 Å². The molecule has 0 atom stereocenters. The zero-order chi connectivity index (χ0) is 17.1. The predicted molar refractivity (Wildman–Crippen MR) is 96.8 cm³/mol.